The fraction of sp³-hybridized carbons (Fsp3) is 0.357. The predicted molar refractivity (Wildman–Crippen MR) is 74.3 cm³/mol. The van der Waals surface area contributed by atoms with Crippen molar-refractivity contribution in [2.45, 2.75) is 25.4 Å². The van der Waals surface area contributed by atoms with Crippen LogP contribution in [0.4, 0.5) is 0 Å². The molecule has 6 heteroatoms. The first-order valence-corrected chi connectivity index (χ1v) is 6.70. The van der Waals surface area contributed by atoms with E-state index in [2.05, 4.69) is 15.6 Å². The summed E-state index contributed by atoms with van der Waals surface area (Å²) in [6.07, 6.45) is 3.07. The van der Waals surface area contributed by atoms with Crippen LogP contribution < -0.4 is 16.2 Å². The van der Waals surface area contributed by atoms with Gasteiger partial charge in [0.15, 0.2) is 0 Å². The van der Waals surface area contributed by atoms with Gasteiger partial charge in [-0.1, -0.05) is 6.07 Å². The fourth-order valence-electron chi connectivity index (χ4n) is 2.35. The van der Waals surface area contributed by atoms with Gasteiger partial charge in [0, 0.05) is 37.8 Å². The topological polar surface area (TPSA) is 75.5 Å². The van der Waals surface area contributed by atoms with E-state index in [4.69, 9.17) is 0 Å². The van der Waals surface area contributed by atoms with Crippen LogP contribution in [0.15, 0.2) is 35.3 Å². The van der Waals surface area contributed by atoms with Gasteiger partial charge < -0.3 is 10.6 Å². The molecule has 6 nitrogen and oxygen atoms in total. The Morgan fingerprint density at radius 3 is 3.10 bits per heavy atom. The summed E-state index contributed by atoms with van der Waals surface area (Å²) >= 11 is 0. The van der Waals surface area contributed by atoms with Gasteiger partial charge in [0.2, 0.25) is 5.91 Å². The molecule has 1 unspecified atom stereocenters. The SMILES string of the molecule is O=C1CCC(NCc2cc(=O)n3ccccc3n2)CN1. The van der Waals surface area contributed by atoms with E-state index in [1.54, 1.807) is 18.3 Å². The van der Waals surface area contributed by atoms with E-state index in [9.17, 15) is 9.59 Å². The van der Waals surface area contributed by atoms with Gasteiger partial charge in [-0.3, -0.25) is 14.0 Å². The highest BCUT2D eigenvalue weighted by Gasteiger charge is 2.17. The number of nitrogens with zero attached hydrogens (tertiary/aromatic N) is 2. The van der Waals surface area contributed by atoms with Gasteiger partial charge in [0.1, 0.15) is 5.65 Å². The smallest absolute Gasteiger partial charge is 0.258 e. The molecule has 1 amide bonds. The third-order valence-electron chi connectivity index (χ3n) is 3.46. The molecule has 0 saturated carbocycles. The second-order valence-corrected chi connectivity index (χ2v) is 4.94. The molecule has 0 aliphatic carbocycles. The molecule has 1 aliphatic rings. The van der Waals surface area contributed by atoms with Gasteiger partial charge in [-0.25, -0.2) is 4.98 Å². The molecule has 1 saturated heterocycles. The van der Waals surface area contributed by atoms with Crippen LogP contribution in [0.1, 0.15) is 18.5 Å². The van der Waals surface area contributed by atoms with Crippen molar-refractivity contribution in [2.75, 3.05) is 6.54 Å². The van der Waals surface area contributed by atoms with E-state index in [0.29, 0.717) is 25.2 Å². The van der Waals surface area contributed by atoms with E-state index in [-0.39, 0.29) is 17.5 Å². The molecule has 0 radical (unpaired) electrons. The van der Waals surface area contributed by atoms with Crippen molar-refractivity contribution < 1.29 is 4.79 Å². The number of aromatic nitrogens is 2. The lowest BCUT2D eigenvalue weighted by molar-refractivity contribution is -0.122. The largest absolute Gasteiger partial charge is 0.355 e. The Kier molecular flexibility index (Phi) is 3.47. The van der Waals surface area contributed by atoms with Crippen LogP contribution in [0.25, 0.3) is 5.65 Å². The molecule has 20 heavy (non-hydrogen) atoms. The number of rotatable bonds is 3. The highest BCUT2D eigenvalue weighted by Crippen LogP contribution is 2.04. The van der Waals surface area contributed by atoms with Gasteiger partial charge in [-0.05, 0) is 18.6 Å². The molecule has 1 fully saturated rings. The molecule has 104 valence electrons. The number of nitrogens with one attached hydrogen (secondary N) is 2. The first-order valence-electron chi connectivity index (χ1n) is 6.70. The maximum absolute atomic E-state index is 11.9. The van der Waals surface area contributed by atoms with Gasteiger partial charge in [-0.15, -0.1) is 0 Å². The normalized spacial score (nSPS) is 19.0. The quantitative estimate of drug-likeness (QED) is 0.828. The maximum atomic E-state index is 11.9. The molecule has 2 N–H and O–H groups in total. The van der Waals surface area contributed by atoms with Crippen LogP contribution in [0.3, 0.4) is 0 Å². The Bertz CT molecular complexity index is 685. The molecule has 0 spiro atoms. The van der Waals surface area contributed by atoms with Crippen molar-refractivity contribution in [3.63, 3.8) is 0 Å². The summed E-state index contributed by atoms with van der Waals surface area (Å²) in [7, 11) is 0. The van der Waals surface area contributed by atoms with Gasteiger partial charge in [0.05, 0.1) is 5.69 Å². The second-order valence-electron chi connectivity index (χ2n) is 4.94. The molecular formula is C14H16N4O2. The number of fused-ring (bicyclic) bond motifs is 1. The Labute approximate surface area is 115 Å². The molecule has 1 atom stereocenters. The monoisotopic (exact) mass is 272 g/mol. The third kappa shape index (κ3) is 2.70. The summed E-state index contributed by atoms with van der Waals surface area (Å²) in [6, 6.07) is 7.25. The number of hydrogen-bond donors (Lipinski definition) is 2. The number of amides is 1. The molecule has 3 heterocycles. The summed E-state index contributed by atoms with van der Waals surface area (Å²) in [4.78, 5) is 27.5. The van der Waals surface area contributed by atoms with Crippen LogP contribution >= 0.6 is 0 Å². The predicted octanol–water partition coefficient (Wildman–Crippen LogP) is 0.0627. The zero-order valence-corrected chi connectivity index (χ0v) is 11.0. The average molecular weight is 272 g/mol. The van der Waals surface area contributed by atoms with Gasteiger partial charge >= 0.3 is 0 Å². The standard InChI is InChI=1S/C14H16N4O2/c19-13-5-4-10(8-16-13)15-9-11-7-14(20)18-6-2-1-3-12(18)17-11/h1-3,6-7,10,15H,4-5,8-9H2,(H,16,19). The fourth-order valence-corrected chi connectivity index (χ4v) is 2.35. The molecule has 0 aromatic carbocycles. The van der Waals surface area contributed by atoms with E-state index in [1.165, 1.54) is 4.40 Å². The zero-order valence-electron chi connectivity index (χ0n) is 11.0. The highest BCUT2D eigenvalue weighted by molar-refractivity contribution is 5.76. The zero-order chi connectivity index (χ0) is 13.9. The number of piperidine rings is 1. The lowest BCUT2D eigenvalue weighted by Crippen LogP contribution is -2.45. The Balaban J connectivity index is 1.71. The highest BCUT2D eigenvalue weighted by atomic mass is 16.1. The van der Waals surface area contributed by atoms with Crippen molar-refractivity contribution in [1.82, 2.24) is 20.0 Å². The molecule has 2 aromatic rings. The molecule has 0 bridgehead atoms. The third-order valence-corrected chi connectivity index (χ3v) is 3.46. The number of hydrogen-bond acceptors (Lipinski definition) is 4. The summed E-state index contributed by atoms with van der Waals surface area (Å²) in [6.45, 7) is 1.16. The van der Waals surface area contributed by atoms with E-state index in [0.717, 1.165) is 12.1 Å². The number of pyridine rings is 1. The molecule has 2 aromatic heterocycles. The Hall–Kier alpha value is -2.21. The van der Waals surface area contributed by atoms with Crippen molar-refractivity contribution in [3.05, 3.63) is 46.5 Å². The molecular weight excluding hydrogens is 256 g/mol. The van der Waals surface area contributed by atoms with Crippen LogP contribution in [0, 0.1) is 0 Å². The van der Waals surface area contributed by atoms with Crippen molar-refractivity contribution >= 4 is 11.6 Å². The number of carbonyl (C=O) groups excluding carboxylic acids is 1. The number of carbonyl (C=O) groups is 1. The van der Waals surface area contributed by atoms with Crippen LogP contribution in [0.2, 0.25) is 0 Å². The van der Waals surface area contributed by atoms with Crippen LogP contribution in [0.5, 0.6) is 0 Å². The average Bonchev–Trinajstić information content (AvgIpc) is 2.47. The maximum Gasteiger partial charge on any atom is 0.258 e. The Morgan fingerprint density at radius 1 is 1.40 bits per heavy atom. The minimum atomic E-state index is -0.0793. The van der Waals surface area contributed by atoms with Gasteiger partial charge in [0.25, 0.3) is 5.56 Å². The van der Waals surface area contributed by atoms with Gasteiger partial charge in [-0.2, -0.15) is 0 Å². The van der Waals surface area contributed by atoms with E-state index in [1.807, 2.05) is 12.1 Å². The minimum absolute atomic E-state index is 0.0793. The van der Waals surface area contributed by atoms with Crippen LogP contribution in [-0.2, 0) is 11.3 Å². The summed E-state index contributed by atoms with van der Waals surface area (Å²) in [5, 5.41) is 6.15. The summed E-state index contributed by atoms with van der Waals surface area (Å²) in [5.41, 5.74) is 1.29. The van der Waals surface area contributed by atoms with E-state index < -0.39 is 0 Å². The van der Waals surface area contributed by atoms with Crippen molar-refractivity contribution in [3.8, 4) is 0 Å². The lowest BCUT2D eigenvalue weighted by atomic mass is 10.1. The molecule has 3 rings (SSSR count). The van der Waals surface area contributed by atoms with Crippen molar-refractivity contribution in [2.24, 2.45) is 0 Å². The van der Waals surface area contributed by atoms with Crippen molar-refractivity contribution in [1.29, 1.82) is 0 Å². The van der Waals surface area contributed by atoms with Crippen LogP contribution in [-0.4, -0.2) is 27.9 Å². The molecule has 1 aliphatic heterocycles. The lowest BCUT2D eigenvalue weighted by Gasteiger charge is -2.23. The first-order chi connectivity index (χ1) is 9.72. The summed E-state index contributed by atoms with van der Waals surface area (Å²) in [5.74, 6) is 0.102. The first kappa shape index (κ1) is 12.8. The van der Waals surface area contributed by atoms with E-state index >= 15 is 0 Å². The summed E-state index contributed by atoms with van der Waals surface area (Å²) < 4.78 is 1.52. The Morgan fingerprint density at radius 2 is 2.30 bits per heavy atom. The second kappa shape index (κ2) is 5.42. The minimum Gasteiger partial charge on any atom is -0.355 e.